The van der Waals surface area contributed by atoms with E-state index in [4.69, 9.17) is 5.73 Å². The molecule has 0 radical (unpaired) electrons. The first kappa shape index (κ1) is 13.2. The minimum absolute atomic E-state index is 0.0150. The van der Waals surface area contributed by atoms with Crippen molar-refractivity contribution in [1.29, 1.82) is 0 Å². The molecule has 3 N–H and O–H groups in total. The lowest BCUT2D eigenvalue weighted by Gasteiger charge is -2.15. The van der Waals surface area contributed by atoms with E-state index in [1.165, 1.54) is 25.7 Å². The number of nitrogens with two attached hydrogens (primary N) is 1. The van der Waals surface area contributed by atoms with Gasteiger partial charge in [0.1, 0.15) is 0 Å². The summed E-state index contributed by atoms with van der Waals surface area (Å²) in [5.74, 6) is 6.62. The lowest BCUT2D eigenvalue weighted by Crippen LogP contribution is -2.31. The molecule has 0 atom stereocenters. The van der Waals surface area contributed by atoms with E-state index in [1.807, 2.05) is 24.3 Å². The molecule has 3 rings (SSSR count). The summed E-state index contributed by atoms with van der Waals surface area (Å²) in [6.07, 6.45) is 5.22. The second-order valence-corrected chi connectivity index (χ2v) is 5.87. The fraction of sp³-hybridized carbons (Fsp3) is 0.471. The molecule has 0 saturated heterocycles. The normalized spacial score (nSPS) is 18.9. The highest BCUT2D eigenvalue weighted by Crippen LogP contribution is 2.60. The first-order valence-electron chi connectivity index (χ1n) is 7.31. The molecule has 1 aromatic rings. The monoisotopic (exact) mass is 268 g/mol. The number of nitrogens with one attached hydrogen (secondary N) is 1. The van der Waals surface area contributed by atoms with Crippen molar-refractivity contribution in [2.75, 3.05) is 13.1 Å². The molecule has 2 aliphatic rings. The van der Waals surface area contributed by atoms with Gasteiger partial charge in [-0.2, -0.15) is 0 Å². The van der Waals surface area contributed by atoms with E-state index in [0.717, 1.165) is 18.0 Å². The molecule has 1 aromatic carbocycles. The molecule has 0 heterocycles. The summed E-state index contributed by atoms with van der Waals surface area (Å²) in [5, 5.41) is 3.10. The molecule has 2 aliphatic carbocycles. The third-order valence-electron chi connectivity index (χ3n) is 4.43. The predicted molar refractivity (Wildman–Crippen MR) is 79.1 cm³/mol. The molecule has 2 fully saturated rings. The maximum atomic E-state index is 12.3. The van der Waals surface area contributed by atoms with Crippen LogP contribution in [0.2, 0.25) is 0 Å². The summed E-state index contributed by atoms with van der Waals surface area (Å²) in [6.45, 7) is 1.12. The SMILES string of the molecule is NCC#Cc1ccccc1C(=O)NCC1(C2CC2)CC1. The second kappa shape index (κ2) is 5.30. The van der Waals surface area contributed by atoms with Gasteiger partial charge in [0.2, 0.25) is 0 Å². The Kier molecular flexibility index (Phi) is 3.50. The van der Waals surface area contributed by atoms with Gasteiger partial charge < -0.3 is 11.1 Å². The number of rotatable bonds is 4. The van der Waals surface area contributed by atoms with Crippen LogP contribution in [0.25, 0.3) is 0 Å². The Balaban J connectivity index is 1.67. The van der Waals surface area contributed by atoms with E-state index in [2.05, 4.69) is 17.2 Å². The molecule has 3 nitrogen and oxygen atoms in total. The summed E-state index contributed by atoms with van der Waals surface area (Å²) in [6, 6.07) is 7.46. The topological polar surface area (TPSA) is 55.1 Å². The van der Waals surface area contributed by atoms with Gasteiger partial charge in [0.05, 0.1) is 12.1 Å². The fourth-order valence-corrected chi connectivity index (χ4v) is 2.87. The Morgan fingerprint density at radius 3 is 2.75 bits per heavy atom. The van der Waals surface area contributed by atoms with Gasteiger partial charge in [0.15, 0.2) is 0 Å². The predicted octanol–water partition coefficient (Wildman–Crippen LogP) is 1.92. The van der Waals surface area contributed by atoms with Gasteiger partial charge in [-0.25, -0.2) is 0 Å². The summed E-state index contributed by atoms with van der Waals surface area (Å²) in [4.78, 5) is 12.3. The third-order valence-corrected chi connectivity index (χ3v) is 4.43. The van der Waals surface area contributed by atoms with E-state index < -0.39 is 0 Å². The van der Waals surface area contributed by atoms with Gasteiger partial charge in [0, 0.05) is 12.1 Å². The summed E-state index contributed by atoms with van der Waals surface area (Å²) in [5.41, 5.74) is 7.23. The van der Waals surface area contributed by atoms with E-state index in [1.54, 1.807) is 0 Å². The van der Waals surface area contributed by atoms with Crippen LogP contribution in [0.5, 0.6) is 0 Å². The van der Waals surface area contributed by atoms with Gasteiger partial charge in [0.25, 0.3) is 5.91 Å². The highest BCUT2D eigenvalue weighted by molar-refractivity contribution is 5.96. The van der Waals surface area contributed by atoms with Gasteiger partial charge in [-0.05, 0) is 49.1 Å². The molecular weight excluding hydrogens is 248 g/mol. The number of benzene rings is 1. The average molecular weight is 268 g/mol. The van der Waals surface area contributed by atoms with Crippen LogP contribution in [0.4, 0.5) is 0 Å². The molecule has 3 heteroatoms. The van der Waals surface area contributed by atoms with E-state index in [-0.39, 0.29) is 5.91 Å². The smallest absolute Gasteiger partial charge is 0.252 e. The van der Waals surface area contributed by atoms with Crippen molar-refractivity contribution >= 4 is 5.91 Å². The lowest BCUT2D eigenvalue weighted by atomic mass is 10.00. The number of hydrogen-bond acceptors (Lipinski definition) is 2. The van der Waals surface area contributed by atoms with Crippen molar-refractivity contribution < 1.29 is 4.79 Å². The Morgan fingerprint density at radius 1 is 1.35 bits per heavy atom. The molecule has 20 heavy (non-hydrogen) atoms. The van der Waals surface area contributed by atoms with Crippen molar-refractivity contribution in [3.63, 3.8) is 0 Å². The minimum Gasteiger partial charge on any atom is -0.351 e. The Morgan fingerprint density at radius 2 is 2.10 bits per heavy atom. The highest BCUT2D eigenvalue weighted by Gasteiger charge is 2.53. The van der Waals surface area contributed by atoms with Gasteiger partial charge in [-0.1, -0.05) is 24.0 Å². The summed E-state index contributed by atoms with van der Waals surface area (Å²) in [7, 11) is 0. The average Bonchev–Trinajstić information content (AvgIpc) is 3.35. The zero-order chi connectivity index (χ0) is 14.0. The van der Waals surface area contributed by atoms with Crippen LogP contribution in [0.3, 0.4) is 0 Å². The van der Waals surface area contributed by atoms with Gasteiger partial charge in [-0.15, -0.1) is 0 Å². The fourth-order valence-electron chi connectivity index (χ4n) is 2.87. The van der Waals surface area contributed by atoms with E-state index in [0.29, 0.717) is 17.5 Å². The zero-order valence-corrected chi connectivity index (χ0v) is 11.6. The van der Waals surface area contributed by atoms with Crippen LogP contribution < -0.4 is 11.1 Å². The van der Waals surface area contributed by atoms with Crippen molar-refractivity contribution in [3.8, 4) is 11.8 Å². The molecule has 0 aromatic heterocycles. The van der Waals surface area contributed by atoms with Crippen LogP contribution in [-0.4, -0.2) is 19.0 Å². The maximum Gasteiger partial charge on any atom is 0.252 e. The summed E-state index contributed by atoms with van der Waals surface area (Å²) < 4.78 is 0. The maximum absolute atomic E-state index is 12.3. The summed E-state index contributed by atoms with van der Waals surface area (Å²) >= 11 is 0. The Hall–Kier alpha value is -1.79. The second-order valence-electron chi connectivity index (χ2n) is 5.87. The van der Waals surface area contributed by atoms with E-state index >= 15 is 0 Å². The van der Waals surface area contributed by atoms with Crippen LogP contribution in [0, 0.1) is 23.2 Å². The molecule has 0 unspecified atom stereocenters. The van der Waals surface area contributed by atoms with Gasteiger partial charge >= 0.3 is 0 Å². The van der Waals surface area contributed by atoms with Gasteiger partial charge in [-0.3, -0.25) is 4.79 Å². The zero-order valence-electron chi connectivity index (χ0n) is 11.6. The number of amides is 1. The molecule has 104 valence electrons. The molecular formula is C17H20N2O. The lowest BCUT2D eigenvalue weighted by molar-refractivity contribution is 0.0942. The third kappa shape index (κ3) is 2.71. The number of carbonyl (C=O) groups excluding carboxylic acids is 1. The van der Waals surface area contributed by atoms with Crippen LogP contribution in [0.15, 0.2) is 24.3 Å². The minimum atomic E-state index is -0.0150. The quantitative estimate of drug-likeness (QED) is 0.820. The molecule has 2 saturated carbocycles. The highest BCUT2D eigenvalue weighted by atomic mass is 16.1. The van der Waals surface area contributed by atoms with Crippen molar-refractivity contribution in [1.82, 2.24) is 5.32 Å². The first-order valence-corrected chi connectivity index (χ1v) is 7.31. The number of carbonyl (C=O) groups is 1. The Bertz CT molecular complexity index is 574. The van der Waals surface area contributed by atoms with Crippen molar-refractivity contribution in [2.45, 2.75) is 25.7 Å². The first-order chi connectivity index (χ1) is 9.75. The standard InChI is InChI=1S/C17H20N2O/c18-11-3-5-13-4-1-2-6-15(13)16(20)19-12-17(9-10-17)14-7-8-14/h1-2,4,6,14H,7-12,18H2,(H,19,20). The van der Waals surface area contributed by atoms with Crippen LogP contribution in [0.1, 0.15) is 41.6 Å². The van der Waals surface area contributed by atoms with Crippen LogP contribution in [-0.2, 0) is 0 Å². The number of hydrogen-bond donors (Lipinski definition) is 2. The molecule has 0 spiro atoms. The molecule has 1 amide bonds. The van der Waals surface area contributed by atoms with Crippen molar-refractivity contribution in [3.05, 3.63) is 35.4 Å². The van der Waals surface area contributed by atoms with E-state index in [9.17, 15) is 4.79 Å². The molecule has 0 bridgehead atoms. The largest absolute Gasteiger partial charge is 0.351 e. The Labute approximate surface area is 119 Å². The van der Waals surface area contributed by atoms with Crippen LogP contribution >= 0.6 is 0 Å². The molecule has 0 aliphatic heterocycles. The van der Waals surface area contributed by atoms with Crippen molar-refractivity contribution in [2.24, 2.45) is 17.1 Å².